The van der Waals surface area contributed by atoms with Crippen LogP contribution >= 0.6 is 11.8 Å². The third-order valence-corrected chi connectivity index (χ3v) is 2.50. The van der Waals surface area contributed by atoms with E-state index in [1.54, 1.807) is 0 Å². The topological polar surface area (TPSA) is 20.3 Å². The van der Waals surface area contributed by atoms with Gasteiger partial charge in [0.15, 0.2) is 0 Å². The maximum absolute atomic E-state index is 11.1. The third kappa shape index (κ3) is 1.08. The van der Waals surface area contributed by atoms with E-state index in [4.69, 9.17) is 7.98 Å². The monoisotopic (exact) mass is 153 g/mol. The Morgan fingerprint density at radius 1 is 1.90 bits per heavy atom. The van der Waals surface area contributed by atoms with Crippen LogP contribution in [0.5, 0.6) is 0 Å². The first-order chi connectivity index (χ1) is 4.66. The van der Waals surface area contributed by atoms with Crippen LogP contribution in [0.25, 0.3) is 0 Å². The van der Waals surface area contributed by atoms with Crippen molar-refractivity contribution in [3.63, 3.8) is 0 Å². The first-order valence-corrected chi connectivity index (χ1v) is 4.25. The molecule has 1 aliphatic heterocycles. The quantitative estimate of drug-likeness (QED) is 0.512. The maximum Gasteiger partial charge on any atom is 0.238 e. The smallest absolute Gasteiger partial charge is 0.238 e. The molecule has 1 rings (SSSR count). The van der Waals surface area contributed by atoms with Gasteiger partial charge in [0.1, 0.15) is 0 Å². The lowest BCUT2D eigenvalue weighted by atomic mass is 10.3. The van der Waals surface area contributed by atoms with Gasteiger partial charge in [0.25, 0.3) is 0 Å². The van der Waals surface area contributed by atoms with Crippen LogP contribution < -0.4 is 0 Å². The molecule has 4 heteroatoms. The van der Waals surface area contributed by atoms with Gasteiger partial charge >= 0.3 is 0 Å². The molecule has 1 atom stereocenters. The summed E-state index contributed by atoms with van der Waals surface area (Å²) >= 11 is 1.52. The first-order valence-electron chi connectivity index (χ1n) is 2.96. The van der Waals surface area contributed by atoms with Gasteiger partial charge in [-0.1, -0.05) is 6.58 Å². The Morgan fingerprint density at radius 2 is 2.50 bits per heavy atom. The summed E-state index contributed by atoms with van der Waals surface area (Å²) in [5.74, 6) is -0.0301. The van der Waals surface area contributed by atoms with E-state index in [0.717, 1.165) is 4.81 Å². The van der Waals surface area contributed by atoms with Gasteiger partial charge in [0, 0.05) is 12.1 Å². The lowest BCUT2D eigenvalue weighted by Gasteiger charge is -2.08. The zero-order chi connectivity index (χ0) is 7.72. The van der Waals surface area contributed by atoms with Gasteiger partial charge in [-0.15, -0.1) is 0 Å². The summed E-state index contributed by atoms with van der Waals surface area (Å²) in [5.41, 5.74) is 0.712. The number of allylic oxidation sites excluding steroid dienone is 1. The van der Waals surface area contributed by atoms with E-state index in [-0.39, 0.29) is 11.2 Å². The Kier molecular flexibility index (Phi) is 2.09. The minimum absolute atomic E-state index is 0.00231. The molecule has 0 spiro atoms. The molecule has 1 amide bonds. The second-order valence-corrected chi connectivity index (χ2v) is 3.24. The summed E-state index contributed by atoms with van der Waals surface area (Å²) in [4.78, 5) is 12.2. The van der Waals surface area contributed by atoms with Crippen molar-refractivity contribution in [2.75, 3.05) is 6.26 Å². The Bertz CT molecular complexity index is 183. The third-order valence-electron chi connectivity index (χ3n) is 1.56. The van der Waals surface area contributed by atoms with Crippen LogP contribution in [-0.4, -0.2) is 30.2 Å². The van der Waals surface area contributed by atoms with Crippen LogP contribution in [0.3, 0.4) is 0 Å². The molecular formula is C6H8BNOS. The molecule has 52 valence electrons. The van der Waals surface area contributed by atoms with E-state index in [2.05, 4.69) is 6.58 Å². The summed E-state index contributed by atoms with van der Waals surface area (Å²) in [6.45, 7) is 3.65. The van der Waals surface area contributed by atoms with Crippen molar-refractivity contribution in [1.82, 2.24) is 4.81 Å². The van der Waals surface area contributed by atoms with Crippen LogP contribution in [0.1, 0.15) is 6.42 Å². The van der Waals surface area contributed by atoms with E-state index < -0.39 is 0 Å². The highest BCUT2D eigenvalue weighted by atomic mass is 32.2. The van der Waals surface area contributed by atoms with Crippen molar-refractivity contribution in [2.24, 2.45) is 0 Å². The standard InChI is InChI=1S/C6H8BNOS/c1-4-3-5(10-2)6(9)8(4)7/h5H,1,3H2,2H3. The highest BCUT2D eigenvalue weighted by molar-refractivity contribution is 7.99. The molecule has 0 bridgehead atoms. The van der Waals surface area contributed by atoms with Crippen molar-refractivity contribution in [1.29, 1.82) is 0 Å². The molecule has 0 aromatic heterocycles. The molecule has 1 saturated heterocycles. The van der Waals surface area contributed by atoms with Crippen molar-refractivity contribution in [2.45, 2.75) is 11.7 Å². The van der Waals surface area contributed by atoms with Crippen molar-refractivity contribution >= 4 is 25.7 Å². The predicted molar refractivity (Wildman–Crippen MR) is 43.7 cm³/mol. The number of thioether (sulfide) groups is 1. The van der Waals surface area contributed by atoms with Crippen LogP contribution in [0.15, 0.2) is 12.3 Å². The van der Waals surface area contributed by atoms with Crippen LogP contribution in [0, 0.1) is 0 Å². The van der Waals surface area contributed by atoms with Gasteiger partial charge in [-0.05, 0) is 6.26 Å². The molecule has 0 N–H and O–H groups in total. The zero-order valence-corrected chi connectivity index (χ0v) is 6.65. The Labute approximate surface area is 66.1 Å². The lowest BCUT2D eigenvalue weighted by Crippen LogP contribution is -2.24. The highest BCUT2D eigenvalue weighted by Crippen LogP contribution is 2.26. The molecule has 2 radical (unpaired) electrons. The van der Waals surface area contributed by atoms with Crippen LogP contribution in [0.4, 0.5) is 0 Å². The molecule has 1 aliphatic rings. The summed E-state index contributed by atoms with van der Waals surface area (Å²) in [6.07, 6.45) is 2.59. The number of hydrogen-bond acceptors (Lipinski definition) is 2. The van der Waals surface area contributed by atoms with Crippen LogP contribution in [0.2, 0.25) is 0 Å². The summed E-state index contributed by atoms with van der Waals surface area (Å²) in [5, 5.41) is -0.00231. The molecule has 0 aliphatic carbocycles. The Balaban J connectivity index is 2.71. The fourth-order valence-electron chi connectivity index (χ4n) is 0.895. The number of carbonyl (C=O) groups excluding carboxylic acids is 1. The van der Waals surface area contributed by atoms with Crippen LogP contribution in [-0.2, 0) is 4.79 Å². The second kappa shape index (κ2) is 2.70. The fourth-order valence-corrected chi connectivity index (χ4v) is 1.57. The van der Waals surface area contributed by atoms with E-state index in [1.165, 1.54) is 11.8 Å². The lowest BCUT2D eigenvalue weighted by molar-refractivity contribution is -0.122. The minimum atomic E-state index is -0.0301. The van der Waals surface area contributed by atoms with Gasteiger partial charge in [-0.3, -0.25) is 4.79 Å². The number of amides is 1. The van der Waals surface area contributed by atoms with E-state index in [0.29, 0.717) is 12.1 Å². The number of carbonyl (C=O) groups is 1. The van der Waals surface area contributed by atoms with Gasteiger partial charge in [0.2, 0.25) is 13.9 Å². The largest absolute Gasteiger partial charge is 0.372 e. The van der Waals surface area contributed by atoms with E-state index >= 15 is 0 Å². The van der Waals surface area contributed by atoms with Crippen molar-refractivity contribution < 1.29 is 4.79 Å². The molecule has 0 aromatic carbocycles. The van der Waals surface area contributed by atoms with Gasteiger partial charge in [0.05, 0.1) is 5.25 Å². The first kappa shape index (κ1) is 7.73. The molecule has 1 heterocycles. The summed E-state index contributed by atoms with van der Waals surface area (Å²) in [6, 6.07) is 0. The SMILES string of the molecule is [B]N1C(=C)CC(SC)C1=O. The summed E-state index contributed by atoms with van der Waals surface area (Å²) in [7, 11) is 5.36. The number of rotatable bonds is 1. The Hall–Kier alpha value is -0.375. The average molecular weight is 153 g/mol. The maximum atomic E-state index is 11.1. The fraction of sp³-hybridized carbons (Fsp3) is 0.500. The summed E-state index contributed by atoms with van der Waals surface area (Å²) < 4.78 is 0. The van der Waals surface area contributed by atoms with Crippen molar-refractivity contribution in [3.8, 4) is 0 Å². The molecule has 2 nitrogen and oxygen atoms in total. The molecular weight excluding hydrogens is 145 g/mol. The molecule has 0 saturated carbocycles. The molecule has 1 unspecified atom stereocenters. The van der Waals surface area contributed by atoms with E-state index in [9.17, 15) is 4.79 Å². The number of hydrogen-bond donors (Lipinski definition) is 0. The normalized spacial score (nSPS) is 26.1. The van der Waals surface area contributed by atoms with E-state index in [1.807, 2.05) is 6.26 Å². The van der Waals surface area contributed by atoms with Crippen molar-refractivity contribution in [3.05, 3.63) is 12.3 Å². The van der Waals surface area contributed by atoms with Gasteiger partial charge < -0.3 is 4.81 Å². The zero-order valence-electron chi connectivity index (χ0n) is 5.83. The molecule has 10 heavy (non-hydrogen) atoms. The molecule has 1 fully saturated rings. The number of nitrogens with zero attached hydrogens (tertiary/aromatic N) is 1. The predicted octanol–water partition coefficient (Wildman–Crippen LogP) is 0.548. The Morgan fingerprint density at radius 3 is 2.70 bits per heavy atom. The second-order valence-electron chi connectivity index (χ2n) is 2.20. The molecule has 0 aromatic rings. The van der Waals surface area contributed by atoms with Gasteiger partial charge in [-0.2, -0.15) is 11.8 Å². The minimum Gasteiger partial charge on any atom is -0.372 e. The highest BCUT2D eigenvalue weighted by Gasteiger charge is 2.30. The van der Waals surface area contributed by atoms with Gasteiger partial charge in [-0.25, -0.2) is 0 Å². The average Bonchev–Trinajstić information content (AvgIpc) is 2.17.